The van der Waals surface area contributed by atoms with Gasteiger partial charge in [-0.2, -0.15) is 0 Å². The predicted molar refractivity (Wildman–Crippen MR) is 57.7 cm³/mol. The van der Waals surface area contributed by atoms with Gasteiger partial charge in [0.1, 0.15) is 11.5 Å². The maximum Gasteiger partial charge on any atom is 0.290 e. The monoisotopic (exact) mass is 232 g/mol. The molecule has 5 heteroatoms. The number of benzene rings is 1. The molecule has 1 aromatic carbocycles. The minimum absolute atomic E-state index is 0.0303. The Morgan fingerprint density at radius 3 is 1.80 bits per heavy atom. The first kappa shape index (κ1) is 13.6. The highest BCUT2D eigenvalue weighted by molar-refractivity contribution is 6.33. The normalized spacial score (nSPS) is 9.07. The molecular weight excluding hydrogens is 220 g/mol. The van der Waals surface area contributed by atoms with E-state index in [1.807, 2.05) is 0 Å². The molecule has 0 heterocycles. The smallest absolute Gasteiger partial charge is 0.290 e. The summed E-state index contributed by atoms with van der Waals surface area (Å²) in [6, 6.07) is 0. The summed E-state index contributed by atoms with van der Waals surface area (Å²) < 4.78 is 0. The minimum Gasteiger partial charge on any atom is -0.507 e. The van der Waals surface area contributed by atoms with Crippen LogP contribution in [0.5, 0.6) is 11.5 Å². The summed E-state index contributed by atoms with van der Waals surface area (Å²) in [5.74, 6) is 0.0895. The molecule has 3 N–H and O–H groups in total. The molecule has 0 saturated heterocycles. The topological polar surface area (TPSA) is 77.8 Å². The Hall–Kier alpha value is -1.42. The number of phenols is 2. The van der Waals surface area contributed by atoms with E-state index in [9.17, 15) is 10.2 Å². The summed E-state index contributed by atoms with van der Waals surface area (Å²) in [7, 11) is 0. The van der Waals surface area contributed by atoms with Gasteiger partial charge in [-0.15, -0.1) is 0 Å². The van der Waals surface area contributed by atoms with E-state index in [0.29, 0.717) is 10.6 Å². The van der Waals surface area contributed by atoms with Crippen LogP contribution in [0.3, 0.4) is 0 Å². The van der Waals surface area contributed by atoms with Gasteiger partial charge in [-0.1, -0.05) is 11.6 Å². The first-order valence-corrected chi connectivity index (χ1v) is 4.51. The van der Waals surface area contributed by atoms with Crippen LogP contribution in [0.2, 0.25) is 5.02 Å². The van der Waals surface area contributed by atoms with Gasteiger partial charge in [0.15, 0.2) is 0 Å². The SMILES string of the molecule is Cc1c(C)c(Cl)c(O)c(C)c1O.O=CO. The molecule has 0 radical (unpaired) electrons. The Balaban J connectivity index is 0.000000583. The molecule has 0 spiro atoms. The van der Waals surface area contributed by atoms with Crippen molar-refractivity contribution in [1.82, 2.24) is 0 Å². The van der Waals surface area contributed by atoms with Crippen molar-refractivity contribution in [3.8, 4) is 11.5 Å². The largest absolute Gasteiger partial charge is 0.507 e. The van der Waals surface area contributed by atoms with Gasteiger partial charge >= 0.3 is 0 Å². The molecule has 4 nitrogen and oxygen atoms in total. The first-order valence-electron chi connectivity index (χ1n) is 4.13. The van der Waals surface area contributed by atoms with E-state index >= 15 is 0 Å². The van der Waals surface area contributed by atoms with E-state index in [-0.39, 0.29) is 18.0 Å². The first-order chi connectivity index (χ1) is 6.88. The highest BCUT2D eigenvalue weighted by Gasteiger charge is 2.13. The fourth-order valence-corrected chi connectivity index (χ4v) is 1.36. The Labute approximate surface area is 92.7 Å². The van der Waals surface area contributed by atoms with Crippen LogP contribution in [0.1, 0.15) is 16.7 Å². The van der Waals surface area contributed by atoms with Crippen molar-refractivity contribution in [1.29, 1.82) is 0 Å². The van der Waals surface area contributed by atoms with Crippen molar-refractivity contribution in [2.45, 2.75) is 20.8 Å². The lowest BCUT2D eigenvalue weighted by atomic mass is 10.0. The summed E-state index contributed by atoms with van der Waals surface area (Å²) in [6.45, 7) is 4.91. The van der Waals surface area contributed by atoms with E-state index in [4.69, 9.17) is 21.5 Å². The van der Waals surface area contributed by atoms with Gasteiger partial charge in [-0.05, 0) is 31.9 Å². The molecule has 0 aliphatic heterocycles. The van der Waals surface area contributed by atoms with E-state index < -0.39 is 0 Å². The van der Waals surface area contributed by atoms with E-state index in [0.717, 1.165) is 11.1 Å². The van der Waals surface area contributed by atoms with Crippen molar-refractivity contribution in [3.05, 3.63) is 21.7 Å². The van der Waals surface area contributed by atoms with Crippen molar-refractivity contribution in [2.24, 2.45) is 0 Å². The summed E-state index contributed by atoms with van der Waals surface area (Å²) in [4.78, 5) is 8.36. The van der Waals surface area contributed by atoms with Gasteiger partial charge in [0.2, 0.25) is 0 Å². The van der Waals surface area contributed by atoms with Crippen LogP contribution in [-0.4, -0.2) is 21.8 Å². The van der Waals surface area contributed by atoms with Crippen LogP contribution in [0.25, 0.3) is 0 Å². The fourth-order valence-electron chi connectivity index (χ4n) is 1.08. The molecule has 0 aromatic heterocycles. The van der Waals surface area contributed by atoms with Crippen LogP contribution in [0.4, 0.5) is 0 Å². The van der Waals surface area contributed by atoms with Crippen LogP contribution in [-0.2, 0) is 4.79 Å². The van der Waals surface area contributed by atoms with Gasteiger partial charge < -0.3 is 15.3 Å². The zero-order valence-corrected chi connectivity index (χ0v) is 9.46. The van der Waals surface area contributed by atoms with Crippen LogP contribution >= 0.6 is 11.6 Å². The lowest BCUT2D eigenvalue weighted by Crippen LogP contribution is -1.88. The highest BCUT2D eigenvalue weighted by atomic mass is 35.5. The summed E-state index contributed by atoms with van der Waals surface area (Å²) >= 11 is 5.80. The molecule has 1 aromatic rings. The maximum atomic E-state index is 9.47. The summed E-state index contributed by atoms with van der Waals surface area (Å²) in [5.41, 5.74) is 1.87. The molecule has 84 valence electrons. The number of hydrogen-bond acceptors (Lipinski definition) is 3. The minimum atomic E-state index is -0.250. The zero-order chi connectivity index (χ0) is 12.2. The molecule has 0 aliphatic carbocycles. The third-order valence-corrected chi connectivity index (χ3v) is 2.63. The molecular formula is C10H13ClO4. The molecule has 1 rings (SSSR count). The predicted octanol–water partition coefficient (Wildman–Crippen LogP) is 2.38. The number of halogens is 1. The molecule has 0 amide bonds. The Bertz CT molecular complexity index is 269. The van der Waals surface area contributed by atoms with Crippen molar-refractivity contribution >= 4 is 18.1 Å². The van der Waals surface area contributed by atoms with E-state index in [1.54, 1.807) is 20.8 Å². The average Bonchev–Trinajstić information content (AvgIpc) is 2.22. The highest BCUT2D eigenvalue weighted by Crippen LogP contribution is 2.39. The number of carbonyl (C=O) groups is 1. The maximum absolute atomic E-state index is 9.47. The lowest BCUT2D eigenvalue weighted by molar-refractivity contribution is -0.122. The number of phenolic OH excluding ortho intramolecular Hbond substituents is 2. The second kappa shape index (κ2) is 5.46. The van der Waals surface area contributed by atoms with Gasteiger partial charge in [0, 0.05) is 5.56 Å². The third kappa shape index (κ3) is 2.76. The van der Waals surface area contributed by atoms with Gasteiger partial charge in [0.25, 0.3) is 6.47 Å². The third-order valence-electron chi connectivity index (χ3n) is 2.17. The Kier molecular flexibility index (Phi) is 4.94. The number of rotatable bonds is 0. The van der Waals surface area contributed by atoms with E-state index in [2.05, 4.69) is 0 Å². The average molecular weight is 233 g/mol. The van der Waals surface area contributed by atoms with Crippen LogP contribution in [0, 0.1) is 20.8 Å². The standard InChI is InChI=1S/C9H11ClO2.CH2O2/c1-4-5(2)8(11)6(3)9(12)7(4)10;2-1-3/h11-12H,1-3H3;1H,(H,2,3). The Morgan fingerprint density at radius 2 is 1.40 bits per heavy atom. The fraction of sp³-hybridized carbons (Fsp3) is 0.300. The van der Waals surface area contributed by atoms with Crippen molar-refractivity contribution in [2.75, 3.05) is 0 Å². The second-order valence-corrected chi connectivity index (χ2v) is 3.37. The van der Waals surface area contributed by atoms with Gasteiger partial charge in [0.05, 0.1) is 5.02 Å². The second-order valence-electron chi connectivity index (χ2n) is 2.99. The molecule has 0 saturated carbocycles. The summed E-state index contributed by atoms with van der Waals surface area (Å²) in [6.07, 6.45) is 0. The van der Waals surface area contributed by atoms with Crippen LogP contribution in [0.15, 0.2) is 0 Å². The van der Waals surface area contributed by atoms with Crippen molar-refractivity contribution in [3.63, 3.8) is 0 Å². The van der Waals surface area contributed by atoms with Gasteiger partial charge in [-0.25, -0.2) is 0 Å². The van der Waals surface area contributed by atoms with E-state index in [1.165, 1.54) is 0 Å². The molecule has 0 atom stereocenters. The van der Waals surface area contributed by atoms with Crippen LogP contribution < -0.4 is 0 Å². The zero-order valence-electron chi connectivity index (χ0n) is 8.71. The molecule has 15 heavy (non-hydrogen) atoms. The summed E-state index contributed by atoms with van der Waals surface area (Å²) in [5, 5.41) is 26.1. The van der Waals surface area contributed by atoms with Crippen molar-refractivity contribution < 1.29 is 20.1 Å². The lowest BCUT2D eigenvalue weighted by Gasteiger charge is -2.10. The number of hydrogen-bond donors (Lipinski definition) is 3. The molecule has 0 bridgehead atoms. The Morgan fingerprint density at radius 1 is 1.00 bits per heavy atom. The molecule has 0 aliphatic rings. The number of aromatic hydroxyl groups is 2. The molecule has 0 fully saturated rings. The van der Waals surface area contributed by atoms with Gasteiger partial charge in [-0.3, -0.25) is 4.79 Å². The number of carboxylic acid groups (broad SMARTS) is 1. The molecule has 0 unspecified atom stereocenters. The quantitative estimate of drug-likeness (QED) is 0.600.